The minimum absolute atomic E-state index is 0.0467. The van der Waals surface area contributed by atoms with E-state index in [9.17, 15) is 14.4 Å². The lowest BCUT2D eigenvalue weighted by Gasteiger charge is -2.30. The number of unbranched alkanes of at least 4 members (excludes halogenated alkanes) is 1. The van der Waals surface area contributed by atoms with Crippen LogP contribution in [0.3, 0.4) is 0 Å². The van der Waals surface area contributed by atoms with Gasteiger partial charge in [0.1, 0.15) is 12.3 Å². The zero-order valence-corrected chi connectivity index (χ0v) is 14.1. The van der Waals surface area contributed by atoms with Crippen LogP contribution in [-0.2, 0) is 14.4 Å². The molecule has 2 N–H and O–H groups in total. The van der Waals surface area contributed by atoms with E-state index < -0.39 is 6.04 Å². The Morgan fingerprint density at radius 1 is 1.36 bits per heavy atom. The van der Waals surface area contributed by atoms with Crippen molar-refractivity contribution in [2.24, 2.45) is 0 Å². The summed E-state index contributed by atoms with van der Waals surface area (Å²) in [6.07, 6.45) is 4.80. The summed E-state index contributed by atoms with van der Waals surface area (Å²) >= 11 is 0. The molecule has 2 amide bonds. The Hall–Kier alpha value is -1.43. The number of hydrogen-bond acceptors (Lipinski definition) is 4. The predicted octanol–water partition coefficient (Wildman–Crippen LogP) is 0.848. The van der Waals surface area contributed by atoms with Crippen LogP contribution >= 0.6 is 0 Å². The monoisotopic (exact) mass is 311 g/mol. The molecule has 1 rings (SSSR count). The first-order valence-electron chi connectivity index (χ1n) is 8.21. The summed E-state index contributed by atoms with van der Waals surface area (Å²) in [4.78, 5) is 37.7. The highest BCUT2D eigenvalue weighted by Gasteiger charge is 2.37. The second-order valence-electron chi connectivity index (χ2n) is 6.09. The molecule has 0 spiro atoms. The van der Waals surface area contributed by atoms with Gasteiger partial charge in [-0.05, 0) is 40.2 Å². The van der Waals surface area contributed by atoms with Crippen LogP contribution in [0.2, 0.25) is 0 Å². The molecule has 0 aromatic rings. The minimum Gasteiger partial charge on any atom is -0.343 e. The summed E-state index contributed by atoms with van der Waals surface area (Å²) in [5.74, 6) is -0.321. The van der Waals surface area contributed by atoms with Crippen LogP contribution in [0.15, 0.2) is 0 Å². The molecule has 1 fully saturated rings. The third-order valence-electron chi connectivity index (χ3n) is 4.41. The van der Waals surface area contributed by atoms with Gasteiger partial charge in [-0.25, -0.2) is 0 Å². The van der Waals surface area contributed by atoms with Crippen LogP contribution in [0, 0.1) is 0 Å². The van der Waals surface area contributed by atoms with E-state index in [0.29, 0.717) is 12.8 Å². The number of amides is 2. The third kappa shape index (κ3) is 4.53. The van der Waals surface area contributed by atoms with Gasteiger partial charge in [0, 0.05) is 6.04 Å². The second kappa shape index (κ2) is 8.88. The van der Waals surface area contributed by atoms with Crippen LogP contribution in [0.4, 0.5) is 0 Å². The average molecular weight is 311 g/mol. The summed E-state index contributed by atoms with van der Waals surface area (Å²) in [5.41, 5.74) is 0. The minimum atomic E-state index is -0.550. The molecule has 1 heterocycles. The van der Waals surface area contributed by atoms with Gasteiger partial charge >= 0.3 is 0 Å². The standard InChI is InChI=1S/C16H29N3O3/c1-5-6-7-14(18-15(21)12(3)17-4)16(22)19-11(2)8-9-13(19)10-20/h10-14,17H,5-9H2,1-4H3,(H,18,21)/t11-,12-,13-,14-/m0/s1. The number of nitrogens with one attached hydrogen (secondary N) is 2. The number of aldehydes is 1. The molecule has 0 unspecified atom stereocenters. The molecule has 0 aromatic carbocycles. The number of hydrogen-bond donors (Lipinski definition) is 2. The average Bonchev–Trinajstić information content (AvgIpc) is 2.90. The Kier molecular flexibility index (Phi) is 7.51. The van der Waals surface area contributed by atoms with Crippen molar-refractivity contribution in [3.8, 4) is 0 Å². The molecule has 0 aliphatic carbocycles. The van der Waals surface area contributed by atoms with E-state index in [1.807, 2.05) is 13.8 Å². The van der Waals surface area contributed by atoms with Gasteiger partial charge in [0.25, 0.3) is 0 Å². The molecule has 22 heavy (non-hydrogen) atoms. The van der Waals surface area contributed by atoms with E-state index in [0.717, 1.165) is 25.5 Å². The van der Waals surface area contributed by atoms with Crippen LogP contribution < -0.4 is 10.6 Å². The topological polar surface area (TPSA) is 78.5 Å². The Balaban J connectivity index is 2.83. The Bertz CT molecular complexity index is 400. The number of likely N-dealkylation sites (N-methyl/N-ethyl adjacent to an activating group) is 1. The van der Waals surface area contributed by atoms with E-state index in [-0.39, 0.29) is 29.9 Å². The second-order valence-corrected chi connectivity index (χ2v) is 6.09. The van der Waals surface area contributed by atoms with E-state index in [2.05, 4.69) is 10.6 Å². The zero-order chi connectivity index (χ0) is 16.7. The molecule has 1 aliphatic heterocycles. The molecular weight excluding hydrogens is 282 g/mol. The van der Waals surface area contributed by atoms with Gasteiger partial charge < -0.3 is 20.3 Å². The highest BCUT2D eigenvalue weighted by molar-refractivity contribution is 5.91. The summed E-state index contributed by atoms with van der Waals surface area (Å²) in [6.45, 7) is 5.76. The number of likely N-dealkylation sites (tertiary alicyclic amines) is 1. The van der Waals surface area contributed by atoms with Gasteiger partial charge in [-0.1, -0.05) is 19.8 Å². The van der Waals surface area contributed by atoms with Crippen molar-refractivity contribution < 1.29 is 14.4 Å². The highest BCUT2D eigenvalue weighted by Crippen LogP contribution is 2.24. The molecule has 0 bridgehead atoms. The fourth-order valence-corrected chi connectivity index (χ4v) is 2.80. The van der Waals surface area contributed by atoms with Gasteiger partial charge in [-0.3, -0.25) is 9.59 Å². The van der Waals surface area contributed by atoms with E-state index in [4.69, 9.17) is 0 Å². The van der Waals surface area contributed by atoms with Crippen LogP contribution in [0.25, 0.3) is 0 Å². The Labute approximate surface area is 133 Å². The van der Waals surface area contributed by atoms with Crippen molar-refractivity contribution in [2.45, 2.75) is 77.0 Å². The number of carbonyl (C=O) groups excluding carboxylic acids is 3. The van der Waals surface area contributed by atoms with E-state index in [1.165, 1.54) is 0 Å². The molecule has 6 nitrogen and oxygen atoms in total. The quantitative estimate of drug-likeness (QED) is 0.651. The maximum absolute atomic E-state index is 12.8. The first-order valence-corrected chi connectivity index (χ1v) is 8.21. The SMILES string of the molecule is CCCC[C@H](NC(=O)[C@H](C)NC)C(=O)N1[C@H](C=O)CC[C@@H]1C. The Morgan fingerprint density at radius 2 is 2.05 bits per heavy atom. The fraction of sp³-hybridized carbons (Fsp3) is 0.812. The summed E-state index contributed by atoms with van der Waals surface area (Å²) in [5, 5.41) is 5.71. The zero-order valence-electron chi connectivity index (χ0n) is 14.1. The van der Waals surface area contributed by atoms with Crippen molar-refractivity contribution in [1.29, 1.82) is 0 Å². The maximum atomic E-state index is 12.8. The maximum Gasteiger partial charge on any atom is 0.245 e. The molecular formula is C16H29N3O3. The number of rotatable bonds is 8. The fourth-order valence-electron chi connectivity index (χ4n) is 2.80. The van der Waals surface area contributed by atoms with Crippen molar-refractivity contribution in [2.75, 3.05) is 7.05 Å². The molecule has 0 saturated carbocycles. The highest BCUT2D eigenvalue weighted by atomic mass is 16.2. The van der Waals surface area contributed by atoms with Crippen LogP contribution in [-0.4, -0.2) is 54.2 Å². The molecule has 6 heteroatoms. The molecule has 1 saturated heterocycles. The van der Waals surface area contributed by atoms with Gasteiger partial charge in [0.2, 0.25) is 11.8 Å². The van der Waals surface area contributed by atoms with Gasteiger partial charge in [0.05, 0.1) is 12.1 Å². The number of carbonyl (C=O) groups is 3. The lowest BCUT2D eigenvalue weighted by Crippen LogP contribution is -2.54. The van der Waals surface area contributed by atoms with Crippen molar-refractivity contribution in [3.05, 3.63) is 0 Å². The van der Waals surface area contributed by atoms with Gasteiger partial charge in [-0.2, -0.15) is 0 Å². The molecule has 4 atom stereocenters. The molecule has 1 aliphatic rings. The van der Waals surface area contributed by atoms with E-state index in [1.54, 1.807) is 18.9 Å². The van der Waals surface area contributed by atoms with Crippen LogP contribution in [0.1, 0.15) is 52.9 Å². The predicted molar refractivity (Wildman–Crippen MR) is 85.4 cm³/mol. The first kappa shape index (κ1) is 18.6. The van der Waals surface area contributed by atoms with Gasteiger partial charge in [-0.15, -0.1) is 0 Å². The summed E-state index contributed by atoms with van der Waals surface area (Å²) in [7, 11) is 1.71. The lowest BCUT2D eigenvalue weighted by molar-refractivity contribution is -0.140. The lowest BCUT2D eigenvalue weighted by atomic mass is 10.1. The smallest absolute Gasteiger partial charge is 0.245 e. The van der Waals surface area contributed by atoms with E-state index >= 15 is 0 Å². The summed E-state index contributed by atoms with van der Waals surface area (Å²) in [6, 6.07) is -1.21. The Morgan fingerprint density at radius 3 is 2.59 bits per heavy atom. The molecule has 126 valence electrons. The van der Waals surface area contributed by atoms with Crippen molar-refractivity contribution in [3.63, 3.8) is 0 Å². The first-order chi connectivity index (χ1) is 10.5. The molecule has 0 aromatic heterocycles. The summed E-state index contributed by atoms with van der Waals surface area (Å²) < 4.78 is 0. The number of nitrogens with zero attached hydrogens (tertiary/aromatic N) is 1. The van der Waals surface area contributed by atoms with Crippen molar-refractivity contribution in [1.82, 2.24) is 15.5 Å². The van der Waals surface area contributed by atoms with Gasteiger partial charge in [0.15, 0.2) is 0 Å². The van der Waals surface area contributed by atoms with Crippen LogP contribution in [0.5, 0.6) is 0 Å². The third-order valence-corrected chi connectivity index (χ3v) is 4.41. The molecule has 0 radical (unpaired) electrons. The normalized spacial score (nSPS) is 23.9. The van der Waals surface area contributed by atoms with Crippen molar-refractivity contribution >= 4 is 18.1 Å². The largest absolute Gasteiger partial charge is 0.343 e.